The highest BCUT2D eigenvalue weighted by molar-refractivity contribution is 6.47. The van der Waals surface area contributed by atoms with Gasteiger partial charge >= 0.3 is 13.1 Å². The van der Waals surface area contributed by atoms with Crippen molar-refractivity contribution in [3.05, 3.63) is 23.9 Å². The predicted molar refractivity (Wildman–Crippen MR) is 66.4 cm³/mol. The van der Waals surface area contributed by atoms with Crippen LogP contribution < -0.4 is 0 Å². The van der Waals surface area contributed by atoms with Gasteiger partial charge in [-0.2, -0.15) is 0 Å². The molecule has 0 aromatic rings. The Morgan fingerprint density at radius 2 is 1.83 bits per heavy atom. The second kappa shape index (κ2) is 8.74. The summed E-state index contributed by atoms with van der Waals surface area (Å²) in [4.78, 5) is 11.1. The molecule has 0 heterocycles. The molecule has 0 fully saturated rings. The van der Waals surface area contributed by atoms with Gasteiger partial charge in [0.15, 0.2) is 0 Å². The van der Waals surface area contributed by atoms with Crippen LogP contribution in [0.15, 0.2) is 23.9 Å². The highest BCUT2D eigenvalue weighted by atomic mass is 16.5. The van der Waals surface area contributed by atoms with E-state index in [1.54, 1.807) is 6.92 Å². The van der Waals surface area contributed by atoms with Gasteiger partial charge in [0.25, 0.3) is 0 Å². The molecule has 2 atom stereocenters. The Bertz CT molecular complexity index is 313. The Labute approximate surface area is 107 Å². The maximum Gasteiger partial charge on any atom is 0.480 e. The summed E-state index contributed by atoms with van der Waals surface area (Å²) >= 11 is 0. The molecule has 0 bridgehead atoms. The van der Waals surface area contributed by atoms with Gasteiger partial charge in [0.1, 0.15) is 5.76 Å². The number of methoxy groups -OCH3 is 3. The van der Waals surface area contributed by atoms with E-state index >= 15 is 0 Å². The Morgan fingerprint density at radius 3 is 2.22 bits per heavy atom. The maximum absolute atomic E-state index is 11.1. The number of carbonyl (C=O) groups is 1. The van der Waals surface area contributed by atoms with Crippen molar-refractivity contribution in [3.63, 3.8) is 0 Å². The number of carbonyl (C=O) groups excluding carboxylic acids is 1. The first-order valence-corrected chi connectivity index (χ1v) is 5.37. The summed E-state index contributed by atoms with van der Waals surface area (Å²) in [5.74, 6) is 0.746. The highest BCUT2D eigenvalue weighted by Crippen LogP contribution is 2.19. The Kier molecular flexibility index (Phi) is 8.10. The van der Waals surface area contributed by atoms with E-state index in [0.717, 1.165) is 0 Å². The van der Waals surface area contributed by atoms with Crippen LogP contribution in [0, 0.1) is 5.92 Å². The van der Waals surface area contributed by atoms with E-state index in [0.29, 0.717) is 5.76 Å². The summed E-state index contributed by atoms with van der Waals surface area (Å²) in [6.07, 6.45) is 2.25. The quantitative estimate of drug-likeness (QED) is 0.287. The van der Waals surface area contributed by atoms with Crippen molar-refractivity contribution in [2.75, 3.05) is 21.3 Å². The third-order valence-corrected chi connectivity index (χ3v) is 2.38. The molecule has 0 saturated heterocycles. The Hall–Kier alpha value is -1.31. The lowest BCUT2D eigenvalue weighted by Crippen LogP contribution is -2.22. The zero-order valence-corrected chi connectivity index (χ0v) is 11.0. The van der Waals surface area contributed by atoms with Crippen LogP contribution in [0.1, 0.15) is 6.92 Å². The second-order valence-corrected chi connectivity index (χ2v) is 3.56. The van der Waals surface area contributed by atoms with Gasteiger partial charge in [0, 0.05) is 13.0 Å². The summed E-state index contributed by atoms with van der Waals surface area (Å²) in [5.41, 5.74) is 0. The predicted octanol–water partition coefficient (Wildman–Crippen LogP) is -0.0910. The molecule has 0 rings (SSSR count). The van der Waals surface area contributed by atoms with Crippen molar-refractivity contribution < 1.29 is 29.1 Å². The summed E-state index contributed by atoms with van der Waals surface area (Å²) in [6.45, 7) is 1.78. The van der Waals surface area contributed by atoms with Gasteiger partial charge in [-0.1, -0.05) is 19.0 Å². The maximum atomic E-state index is 11.1. The Balaban J connectivity index is 4.88. The molecule has 18 heavy (non-hydrogen) atoms. The number of rotatable bonds is 7. The minimum atomic E-state index is -1.55. The molecule has 102 valence electrons. The fourth-order valence-corrected chi connectivity index (χ4v) is 1.37. The third kappa shape index (κ3) is 5.86. The van der Waals surface area contributed by atoms with Gasteiger partial charge in [-0.05, 0) is 0 Å². The molecule has 6 nitrogen and oxygen atoms in total. The number of ether oxygens (including phenoxy) is 3. The smallest absolute Gasteiger partial charge is 0.480 e. The van der Waals surface area contributed by atoms with Crippen molar-refractivity contribution >= 4 is 13.1 Å². The van der Waals surface area contributed by atoms with Gasteiger partial charge in [-0.3, -0.25) is 0 Å². The molecule has 2 unspecified atom stereocenters. The van der Waals surface area contributed by atoms with Crippen LogP contribution in [0.25, 0.3) is 0 Å². The van der Waals surface area contributed by atoms with Gasteiger partial charge < -0.3 is 24.3 Å². The fourth-order valence-electron chi connectivity index (χ4n) is 1.37. The lowest BCUT2D eigenvalue weighted by atomic mass is 9.89. The van der Waals surface area contributed by atoms with Crippen LogP contribution in [0.4, 0.5) is 0 Å². The lowest BCUT2D eigenvalue weighted by Gasteiger charge is -2.21. The minimum absolute atomic E-state index is 0.283. The van der Waals surface area contributed by atoms with Crippen molar-refractivity contribution in [1.29, 1.82) is 0 Å². The standard InChI is InChI=1S/C11H19BO6/c1-8(9(16-2)5-6-12(14)15)10(17-3)7-11(13)18-4/h5-9,14-15H,1-4H3. The van der Waals surface area contributed by atoms with Crippen molar-refractivity contribution in [3.8, 4) is 0 Å². The molecule has 0 radical (unpaired) electrons. The molecule has 0 saturated carbocycles. The van der Waals surface area contributed by atoms with Gasteiger partial charge in [0.05, 0.1) is 26.4 Å². The van der Waals surface area contributed by atoms with Crippen LogP contribution in [-0.4, -0.2) is 50.6 Å². The second-order valence-electron chi connectivity index (χ2n) is 3.56. The highest BCUT2D eigenvalue weighted by Gasteiger charge is 2.21. The first-order valence-electron chi connectivity index (χ1n) is 5.37. The van der Waals surface area contributed by atoms with E-state index in [1.165, 1.54) is 39.5 Å². The lowest BCUT2D eigenvalue weighted by molar-refractivity contribution is -0.135. The normalized spacial score (nSPS) is 15.3. The molecule has 0 amide bonds. The average Bonchev–Trinajstić information content (AvgIpc) is 2.35. The molecular formula is C11H19BO6. The largest absolute Gasteiger partial charge is 0.500 e. The summed E-state index contributed by atoms with van der Waals surface area (Å²) < 4.78 is 14.8. The first kappa shape index (κ1) is 16.7. The third-order valence-electron chi connectivity index (χ3n) is 2.38. The van der Waals surface area contributed by atoms with E-state index in [4.69, 9.17) is 19.5 Å². The van der Waals surface area contributed by atoms with Gasteiger partial charge in [0.2, 0.25) is 0 Å². The van der Waals surface area contributed by atoms with E-state index < -0.39 is 19.2 Å². The van der Waals surface area contributed by atoms with E-state index in [-0.39, 0.29) is 5.92 Å². The van der Waals surface area contributed by atoms with Gasteiger partial charge in [-0.25, -0.2) is 4.79 Å². The molecule has 7 heteroatoms. The summed E-state index contributed by atoms with van der Waals surface area (Å²) in [5, 5.41) is 17.5. The fraction of sp³-hybridized carbons (Fsp3) is 0.545. The minimum Gasteiger partial charge on any atom is -0.500 e. The number of hydrogen-bond donors (Lipinski definition) is 2. The summed E-state index contributed by atoms with van der Waals surface area (Å²) in [7, 11) is 2.63. The zero-order valence-electron chi connectivity index (χ0n) is 11.0. The van der Waals surface area contributed by atoms with Crippen LogP contribution in [0.2, 0.25) is 0 Å². The Morgan fingerprint density at radius 1 is 1.22 bits per heavy atom. The van der Waals surface area contributed by atoms with Crippen LogP contribution in [0.5, 0.6) is 0 Å². The molecule has 0 aromatic carbocycles. The first-order chi connectivity index (χ1) is 8.46. The molecule has 0 spiro atoms. The zero-order chi connectivity index (χ0) is 14.1. The molecule has 0 aliphatic heterocycles. The molecule has 2 N–H and O–H groups in total. The van der Waals surface area contributed by atoms with Crippen LogP contribution >= 0.6 is 0 Å². The summed E-state index contributed by atoms with van der Waals surface area (Å²) in [6, 6.07) is 0. The van der Waals surface area contributed by atoms with Gasteiger partial charge in [-0.15, -0.1) is 0 Å². The van der Waals surface area contributed by atoms with Crippen molar-refractivity contribution in [1.82, 2.24) is 0 Å². The van der Waals surface area contributed by atoms with Crippen LogP contribution in [-0.2, 0) is 19.0 Å². The van der Waals surface area contributed by atoms with E-state index in [2.05, 4.69) is 4.74 Å². The molecule has 0 aliphatic rings. The molecule has 0 aromatic heterocycles. The molecular weight excluding hydrogens is 239 g/mol. The number of esters is 1. The van der Waals surface area contributed by atoms with Crippen molar-refractivity contribution in [2.24, 2.45) is 5.92 Å². The van der Waals surface area contributed by atoms with Crippen molar-refractivity contribution in [2.45, 2.75) is 13.0 Å². The number of hydrogen-bond acceptors (Lipinski definition) is 6. The molecule has 0 aliphatic carbocycles. The average molecular weight is 258 g/mol. The monoisotopic (exact) mass is 258 g/mol. The SMILES string of the molecule is COC(=O)C=C(OC)C(C)C(C=CB(O)O)OC. The van der Waals surface area contributed by atoms with E-state index in [1.807, 2.05) is 0 Å². The topological polar surface area (TPSA) is 85.2 Å². The van der Waals surface area contributed by atoms with Crippen LogP contribution in [0.3, 0.4) is 0 Å². The van der Waals surface area contributed by atoms with E-state index in [9.17, 15) is 4.79 Å².